The highest BCUT2D eigenvalue weighted by molar-refractivity contribution is 7.13. The van der Waals surface area contributed by atoms with E-state index in [1.54, 1.807) is 34.6 Å². The van der Waals surface area contributed by atoms with Gasteiger partial charge in [0.25, 0.3) is 5.91 Å². The van der Waals surface area contributed by atoms with Crippen LogP contribution in [0.5, 0.6) is 0 Å². The number of hydrogen-bond donors (Lipinski definition) is 1. The Morgan fingerprint density at radius 1 is 1.31 bits per heavy atom. The van der Waals surface area contributed by atoms with Crippen molar-refractivity contribution in [1.82, 2.24) is 25.2 Å². The van der Waals surface area contributed by atoms with Gasteiger partial charge in [0, 0.05) is 19.2 Å². The lowest BCUT2D eigenvalue weighted by molar-refractivity contribution is 0.0563. The van der Waals surface area contributed by atoms with E-state index in [1.165, 1.54) is 0 Å². The summed E-state index contributed by atoms with van der Waals surface area (Å²) in [5.74, 6) is 1.73. The van der Waals surface area contributed by atoms with E-state index in [4.69, 9.17) is 8.94 Å². The molecule has 9 heteroatoms. The van der Waals surface area contributed by atoms with E-state index >= 15 is 0 Å². The Hall–Kier alpha value is -3.20. The molecule has 1 aliphatic rings. The molecule has 0 saturated carbocycles. The third-order valence-electron chi connectivity index (χ3n) is 4.28. The number of hydrogen-bond acceptors (Lipinski definition) is 7. The molecule has 8 nitrogen and oxygen atoms in total. The van der Waals surface area contributed by atoms with Gasteiger partial charge in [0.2, 0.25) is 11.7 Å². The SMILES string of the molecule is O=C(c1cc(-c2ccco2)[nH]n1)N1CC(c2nc(-c3cccs3)no2)C1. The lowest BCUT2D eigenvalue weighted by Gasteiger charge is -2.36. The molecule has 1 fully saturated rings. The molecule has 1 amide bonds. The van der Waals surface area contributed by atoms with Gasteiger partial charge in [0.05, 0.1) is 17.1 Å². The number of aromatic nitrogens is 4. The zero-order valence-corrected chi connectivity index (χ0v) is 14.3. The van der Waals surface area contributed by atoms with Crippen LogP contribution in [0, 0.1) is 0 Å². The predicted octanol–water partition coefficient (Wildman–Crippen LogP) is 3.02. The molecule has 4 aromatic rings. The van der Waals surface area contributed by atoms with Crippen LogP contribution in [0.3, 0.4) is 0 Å². The number of thiophene rings is 1. The van der Waals surface area contributed by atoms with Gasteiger partial charge in [-0.1, -0.05) is 11.2 Å². The highest BCUT2D eigenvalue weighted by Gasteiger charge is 2.37. The van der Waals surface area contributed by atoms with Crippen LogP contribution in [-0.4, -0.2) is 44.2 Å². The zero-order chi connectivity index (χ0) is 17.5. The van der Waals surface area contributed by atoms with Crippen LogP contribution in [0.1, 0.15) is 22.3 Å². The molecular weight excluding hydrogens is 354 g/mol. The summed E-state index contributed by atoms with van der Waals surface area (Å²) in [6.45, 7) is 1.07. The zero-order valence-electron chi connectivity index (χ0n) is 13.5. The van der Waals surface area contributed by atoms with Crippen molar-refractivity contribution in [2.75, 3.05) is 13.1 Å². The monoisotopic (exact) mass is 367 g/mol. The summed E-state index contributed by atoms with van der Waals surface area (Å²) in [5, 5.41) is 12.9. The van der Waals surface area contributed by atoms with E-state index in [2.05, 4.69) is 20.3 Å². The van der Waals surface area contributed by atoms with Crippen molar-refractivity contribution in [3.05, 3.63) is 53.6 Å². The third-order valence-corrected chi connectivity index (χ3v) is 5.15. The number of carbonyl (C=O) groups is 1. The first-order valence-electron chi connectivity index (χ1n) is 8.04. The van der Waals surface area contributed by atoms with Gasteiger partial charge in [-0.25, -0.2) is 0 Å². The van der Waals surface area contributed by atoms with Gasteiger partial charge in [0.1, 0.15) is 5.69 Å². The second-order valence-corrected chi connectivity index (χ2v) is 6.93. The lowest BCUT2D eigenvalue weighted by atomic mass is 9.99. The summed E-state index contributed by atoms with van der Waals surface area (Å²) in [6.07, 6.45) is 1.58. The van der Waals surface area contributed by atoms with E-state index in [9.17, 15) is 4.79 Å². The molecule has 0 radical (unpaired) electrons. The van der Waals surface area contributed by atoms with Crippen LogP contribution in [0.4, 0.5) is 0 Å². The number of H-pyrrole nitrogens is 1. The Labute approximate surface area is 151 Å². The molecule has 5 rings (SSSR count). The summed E-state index contributed by atoms with van der Waals surface area (Å²) in [7, 11) is 0. The van der Waals surface area contributed by atoms with E-state index < -0.39 is 0 Å². The topological polar surface area (TPSA) is 101 Å². The molecule has 0 bridgehead atoms. The summed E-state index contributed by atoms with van der Waals surface area (Å²) in [5.41, 5.74) is 1.03. The molecule has 1 N–H and O–H groups in total. The number of carbonyl (C=O) groups excluding carboxylic acids is 1. The number of nitrogens with one attached hydrogen (secondary N) is 1. The minimum absolute atomic E-state index is 0.0589. The molecule has 0 atom stereocenters. The highest BCUT2D eigenvalue weighted by atomic mass is 32.1. The number of nitrogens with zero attached hydrogens (tertiary/aromatic N) is 4. The summed E-state index contributed by atoms with van der Waals surface area (Å²) < 4.78 is 10.7. The Kier molecular flexibility index (Phi) is 3.45. The Bertz CT molecular complexity index is 1030. The molecule has 0 aliphatic carbocycles. The van der Waals surface area contributed by atoms with Crippen molar-refractivity contribution in [2.45, 2.75) is 5.92 Å². The second kappa shape index (κ2) is 5.95. The van der Waals surface area contributed by atoms with Crippen LogP contribution in [-0.2, 0) is 0 Å². The van der Waals surface area contributed by atoms with E-state index in [-0.39, 0.29) is 11.8 Å². The van der Waals surface area contributed by atoms with Crippen molar-refractivity contribution in [2.24, 2.45) is 0 Å². The minimum Gasteiger partial charge on any atom is -0.463 e. The largest absolute Gasteiger partial charge is 0.463 e. The Morgan fingerprint density at radius 2 is 2.23 bits per heavy atom. The van der Waals surface area contributed by atoms with Gasteiger partial charge in [-0.3, -0.25) is 9.89 Å². The van der Waals surface area contributed by atoms with Crippen LogP contribution in [0.15, 0.2) is 50.9 Å². The van der Waals surface area contributed by atoms with Gasteiger partial charge >= 0.3 is 0 Å². The number of amides is 1. The molecule has 0 spiro atoms. The first kappa shape index (κ1) is 15.1. The summed E-state index contributed by atoms with van der Waals surface area (Å²) in [4.78, 5) is 19.6. The van der Waals surface area contributed by atoms with E-state index in [0.717, 1.165) is 4.88 Å². The van der Waals surface area contributed by atoms with Crippen molar-refractivity contribution in [1.29, 1.82) is 0 Å². The van der Waals surface area contributed by atoms with Gasteiger partial charge in [-0.2, -0.15) is 10.1 Å². The molecular formula is C17H13N5O3S. The van der Waals surface area contributed by atoms with Crippen LogP contribution >= 0.6 is 11.3 Å². The molecule has 4 aromatic heterocycles. The van der Waals surface area contributed by atoms with Crippen molar-refractivity contribution in [3.8, 4) is 22.2 Å². The van der Waals surface area contributed by atoms with E-state index in [0.29, 0.717) is 42.0 Å². The van der Waals surface area contributed by atoms with Gasteiger partial charge in [0.15, 0.2) is 11.5 Å². The summed E-state index contributed by atoms with van der Waals surface area (Å²) in [6, 6.07) is 9.18. The van der Waals surface area contributed by atoms with Crippen LogP contribution in [0.2, 0.25) is 0 Å². The molecule has 0 unspecified atom stereocenters. The lowest BCUT2D eigenvalue weighted by Crippen LogP contribution is -2.48. The molecule has 26 heavy (non-hydrogen) atoms. The number of aromatic amines is 1. The fraction of sp³-hybridized carbons (Fsp3) is 0.176. The molecule has 1 aliphatic heterocycles. The third kappa shape index (κ3) is 2.53. The first-order valence-corrected chi connectivity index (χ1v) is 8.92. The summed E-state index contributed by atoms with van der Waals surface area (Å²) >= 11 is 1.56. The average molecular weight is 367 g/mol. The molecule has 1 saturated heterocycles. The number of rotatable bonds is 4. The van der Waals surface area contributed by atoms with Gasteiger partial charge in [-0.15, -0.1) is 11.3 Å². The fourth-order valence-corrected chi connectivity index (χ4v) is 3.51. The maximum absolute atomic E-state index is 12.5. The van der Waals surface area contributed by atoms with Gasteiger partial charge in [-0.05, 0) is 23.6 Å². The second-order valence-electron chi connectivity index (χ2n) is 5.98. The normalized spacial score (nSPS) is 14.5. The first-order chi connectivity index (χ1) is 12.8. The maximum Gasteiger partial charge on any atom is 0.274 e. The van der Waals surface area contributed by atoms with Crippen LogP contribution in [0.25, 0.3) is 22.2 Å². The Morgan fingerprint density at radius 3 is 3.00 bits per heavy atom. The number of likely N-dealkylation sites (tertiary alicyclic amines) is 1. The smallest absolute Gasteiger partial charge is 0.274 e. The standard InChI is InChI=1S/C17H13N5O3S/c23-17(12-7-11(19-20-12)13-3-1-5-24-13)22-8-10(9-22)16-18-15(21-25-16)14-4-2-6-26-14/h1-7,10H,8-9H2,(H,19,20). The molecule has 0 aromatic carbocycles. The highest BCUT2D eigenvalue weighted by Crippen LogP contribution is 2.30. The van der Waals surface area contributed by atoms with Crippen LogP contribution < -0.4 is 0 Å². The van der Waals surface area contributed by atoms with Crippen molar-refractivity contribution < 1.29 is 13.7 Å². The maximum atomic E-state index is 12.5. The quantitative estimate of drug-likeness (QED) is 0.595. The average Bonchev–Trinajstić information content (AvgIpc) is 3.40. The molecule has 5 heterocycles. The fourth-order valence-electron chi connectivity index (χ4n) is 2.86. The minimum atomic E-state index is -0.131. The number of furan rings is 1. The van der Waals surface area contributed by atoms with Crippen molar-refractivity contribution >= 4 is 17.2 Å². The van der Waals surface area contributed by atoms with Crippen molar-refractivity contribution in [3.63, 3.8) is 0 Å². The Balaban J connectivity index is 1.25. The van der Waals surface area contributed by atoms with E-state index in [1.807, 2.05) is 23.6 Å². The van der Waals surface area contributed by atoms with Gasteiger partial charge < -0.3 is 13.8 Å². The predicted molar refractivity (Wildman–Crippen MR) is 92.5 cm³/mol. The molecule has 130 valence electrons.